The van der Waals surface area contributed by atoms with Gasteiger partial charge in [0.2, 0.25) is 5.91 Å². The number of halogens is 1. The van der Waals surface area contributed by atoms with E-state index < -0.39 is 23.6 Å². The number of ketones is 1. The third kappa shape index (κ3) is 4.29. The predicted octanol–water partition coefficient (Wildman–Crippen LogP) is 2.59. The van der Waals surface area contributed by atoms with Crippen molar-refractivity contribution in [2.45, 2.75) is 56.2 Å². The Kier molecular flexibility index (Phi) is 6.20. The van der Waals surface area contributed by atoms with E-state index in [4.69, 9.17) is 16.3 Å². The Labute approximate surface area is 200 Å². The fraction of sp³-hybridized carbons (Fsp3) is 0.522. The number of Topliss-reactive ketones (excluding diaryl/α,β-unsaturated/α-hetero) is 1. The second-order valence-corrected chi connectivity index (χ2v) is 10.6. The molecule has 3 aliphatic rings. The zero-order chi connectivity index (χ0) is 23.1. The van der Waals surface area contributed by atoms with Crippen molar-refractivity contribution in [3.63, 3.8) is 0 Å². The second kappa shape index (κ2) is 9.12. The van der Waals surface area contributed by atoms with Crippen LogP contribution in [0.5, 0.6) is 0 Å². The summed E-state index contributed by atoms with van der Waals surface area (Å²) >= 11 is 7.74. The molecule has 1 N–H and O–H groups in total. The van der Waals surface area contributed by atoms with E-state index in [0.29, 0.717) is 4.88 Å². The summed E-state index contributed by atoms with van der Waals surface area (Å²) in [4.78, 5) is 42.2. The average molecular weight is 489 g/mol. The van der Waals surface area contributed by atoms with Gasteiger partial charge < -0.3 is 15.0 Å². The molecule has 2 aromatic heterocycles. The Bertz CT molecular complexity index is 1090. The minimum Gasteiger partial charge on any atom is -0.366 e. The van der Waals surface area contributed by atoms with Crippen LogP contribution in [0.3, 0.4) is 0 Å². The number of aromatic nitrogens is 2. The highest BCUT2D eigenvalue weighted by Crippen LogP contribution is 2.35. The van der Waals surface area contributed by atoms with E-state index in [1.54, 1.807) is 12.3 Å². The summed E-state index contributed by atoms with van der Waals surface area (Å²) in [6, 6.07) is 4.21. The molecule has 0 spiro atoms. The summed E-state index contributed by atoms with van der Waals surface area (Å²) in [7, 11) is 0. The maximum atomic E-state index is 13.6. The maximum Gasteiger partial charge on any atom is 0.262 e. The number of rotatable bonds is 5. The Hall–Kier alpha value is -2.36. The van der Waals surface area contributed by atoms with Crippen molar-refractivity contribution in [1.82, 2.24) is 20.4 Å². The van der Waals surface area contributed by atoms with Crippen LogP contribution in [0.4, 0.5) is 0 Å². The van der Waals surface area contributed by atoms with Gasteiger partial charge in [-0.1, -0.05) is 12.8 Å². The molecule has 174 valence electrons. The molecular formula is C23H25ClN4O4S. The smallest absolute Gasteiger partial charge is 0.262 e. The Balaban J connectivity index is 1.36. The number of likely N-dealkylation sites (tertiary alicyclic amines) is 1. The molecule has 5 rings (SSSR count). The summed E-state index contributed by atoms with van der Waals surface area (Å²) < 4.78 is 5.52. The monoisotopic (exact) mass is 488 g/mol. The first-order valence-corrected chi connectivity index (χ1v) is 12.5. The largest absolute Gasteiger partial charge is 0.366 e. The quantitative estimate of drug-likeness (QED) is 0.649. The number of aryl methyl sites for hydroxylation is 1. The van der Waals surface area contributed by atoms with Gasteiger partial charge in [-0.3, -0.25) is 14.4 Å². The highest BCUT2D eigenvalue weighted by molar-refractivity contribution is 7.17. The molecule has 0 aromatic carbocycles. The standard InChI is InChI=1S/C23H25ClN4O4S/c1-12-8-14(9-25-27-12)17-6-7-18(33-17)22(30)26-19(13-4-2-3-5-13)23(31)28-10-15(24)21-20(28)16(29)11-32-21/h6-9,13,15,19-21H,2-5,10-11H2,1H3,(H,26,30). The van der Waals surface area contributed by atoms with Crippen LogP contribution in [0.15, 0.2) is 24.4 Å². The summed E-state index contributed by atoms with van der Waals surface area (Å²) in [6.45, 7) is 2.09. The van der Waals surface area contributed by atoms with E-state index in [1.165, 1.54) is 16.2 Å². The molecule has 1 aliphatic carbocycles. The molecule has 0 bridgehead atoms. The van der Waals surface area contributed by atoms with Crippen molar-refractivity contribution in [1.29, 1.82) is 0 Å². The van der Waals surface area contributed by atoms with Crippen molar-refractivity contribution in [3.05, 3.63) is 35.0 Å². The number of nitrogens with one attached hydrogen (secondary N) is 1. The van der Waals surface area contributed by atoms with E-state index in [-0.39, 0.29) is 36.7 Å². The molecule has 2 aliphatic heterocycles. The molecule has 33 heavy (non-hydrogen) atoms. The zero-order valence-electron chi connectivity index (χ0n) is 18.2. The first-order valence-electron chi connectivity index (χ1n) is 11.2. The normalized spacial score (nSPS) is 25.9. The van der Waals surface area contributed by atoms with Gasteiger partial charge in [0.15, 0.2) is 5.78 Å². The number of hydrogen-bond donors (Lipinski definition) is 1. The van der Waals surface area contributed by atoms with Gasteiger partial charge in [0.1, 0.15) is 24.8 Å². The Morgan fingerprint density at radius 1 is 1.30 bits per heavy atom. The lowest BCUT2D eigenvalue weighted by molar-refractivity contribution is -0.139. The van der Waals surface area contributed by atoms with Crippen LogP contribution in [0.25, 0.3) is 10.4 Å². The van der Waals surface area contributed by atoms with Crippen molar-refractivity contribution < 1.29 is 19.1 Å². The summed E-state index contributed by atoms with van der Waals surface area (Å²) in [5.41, 5.74) is 1.69. The van der Waals surface area contributed by atoms with E-state index in [2.05, 4.69) is 15.5 Å². The number of carbonyl (C=O) groups excluding carboxylic acids is 3. The lowest BCUT2D eigenvalue weighted by Gasteiger charge is -2.30. The molecule has 2 saturated heterocycles. The lowest BCUT2D eigenvalue weighted by atomic mass is 9.96. The van der Waals surface area contributed by atoms with Crippen LogP contribution in [-0.4, -0.2) is 69.4 Å². The van der Waals surface area contributed by atoms with Gasteiger partial charge in [0, 0.05) is 17.0 Å². The van der Waals surface area contributed by atoms with Crippen LogP contribution in [0, 0.1) is 12.8 Å². The molecule has 0 radical (unpaired) electrons. The minimum absolute atomic E-state index is 0.0237. The van der Waals surface area contributed by atoms with Crippen LogP contribution < -0.4 is 5.32 Å². The third-order valence-corrected chi connectivity index (χ3v) is 8.24. The van der Waals surface area contributed by atoms with Crippen LogP contribution in [0.1, 0.15) is 41.0 Å². The van der Waals surface area contributed by atoms with Crippen molar-refractivity contribution in [2.75, 3.05) is 13.2 Å². The number of alkyl halides is 1. The Morgan fingerprint density at radius 3 is 2.85 bits per heavy atom. The topological polar surface area (TPSA) is 101 Å². The number of amides is 2. The molecular weight excluding hydrogens is 464 g/mol. The fourth-order valence-corrected chi connectivity index (χ4v) is 6.36. The number of fused-ring (bicyclic) bond motifs is 1. The third-order valence-electron chi connectivity index (χ3n) is 6.72. The van der Waals surface area contributed by atoms with E-state index in [1.807, 2.05) is 19.1 Å². The second-order valence-electron chi connectivity index (χ2n) is 8.94. The molecule has 10 heteroatoms. The molecule has 4 heterocycles. The summed E-state index contributed by atoms with van der Waals surface area (Å²) in [5.74, 6) is -0.615. The van der Waals surface area contributed by atoms with Crippen molar-refractivity contribution in [2.24, 2.45) is 5.92 Å². The van der Waals surface area contributed by atoms with Crippen molar-refractivity contribution >= 4 is 40.5 Å². The van der Waals surface area contributed by atoms with Crippen LogP contribution in [-0.2, 0) is 14.3 Å². The van der Waals surface area contributed by atoms with Gasteiger partial charge in [-0.15, -0.1) is 22.9 Å². The number of hydrogen-bond acceptors (Lipinski definition) is 7. The molecule has 2 aromatic rings. The van der Waals surface area contributed by atoms with E-state index in [9.17, 15) is 14.4 Å². The highest BCUT2D eigenvalue weighted by Gasteiger charge is 2.53. The maximum absolute atomic E-state index is 13.6. The van der Waals surface area contributed by atoms with Gasteiger partial charge in [-0.05, 0) is 43.9 Å². The first kappa shape index (κ1) is 22.4. The van der Waals surface area contributed by atoms with Crippen LogP contribution in [0.2, 0.25) is 0 Å². The lowest BCUT2D eigenvalue weighted by Crippen LogP contribution is -2.54. The zero-order valence-corrected chi connectivity index (χ0v) is 19.8. The SMILES string of the molecule is Cc1cc(-c2ccc(C(=O)NC(C(=O)N3CC(Cl)C4OCC(=O)C43)C3CCCC3)s2)cnn1. The van der Waals surface area contributed by atoms with Gasteiger partial charge in [-0.25, -0.2) is 0 Å². The molecule has 2 amide bonds. The van der Waals surface area contributed by atoms with Gasteiger partial charge in [0.25, 0.3) is 5.91 Å². The molecule has 4 unspecified atom stereocenters. The van der Waals surface area contributed by atoms with E-state index in [0.717, 1.165) is 41.8 Å². The average Bonchev–Trinajstić information content (AvgIpc) is 3.59. The van der Waals surface area contributed by atoms with Crippen molar-refractivity contribution in [3.8, 4) is 10.4 Å². The van der Waals surface area contributed by atoms with Gasteiger partial charge in [0.05, 0.1) is 22.1 Å². The first-order chi connectivity index (χ1) is 15.9. The molecule has 4 atom stereocenters. The summed E-state index contributed by atoms with van der Waals surface area (Å²) in [5, 5.41) is 10.5. The number of carbonyl (C=O) groups is 3. The highest BCUT2D eigenvalue weighted by atomic mass is 35.5. The number of thiophene rings is 1. The Morgan fingerprint density at radius 2 is 2.09 bits per heavy atom. The number of nitrogens with zero attached hydrogens (tertiary/aromatic N) is 3. The molecule has 3 fully saturated rings. The fourth-order valence-electron chi connectivity index (χ4n) is 5.11. The predicted molar refractivity (Wildman–Crippen MR) is 123 cm³/mol. The molecule has 8 nitrogen and oxygen atoms in total. The van der Waals surface area contributed by atoms with Gasteiger partial charge >= 0.3 is 0 Å². The number of ether oxygens (including phenoxy) is 1. The van der Waals surface area contributed by atoms with Crippen LogP contribution >= 0.6 is 22.9 Å². The van der Waals surface area contributed by atoms with E-state index >= 15 is 0 Å². The van der Waals surface area contributed by atoms with Gasteiger partial charge in [-0.2, -0.15) is 10.2 Å². The summed E-state index contributed by atoms with van der Waals surface area (Å²) in [6.07, 6.45) is 4.97. The minimum atomic E-state index is -0.689. The molecule has 1 saturated carbocycles.